The number of benzene rings is 1. The molecule has 0 bridgehead atoms. The Bertz CT molecular complexity index is 939. The molecule has 2 saturated heterocycles. The predicted octanol–water partition coefficient (Wildman–Crippen LogP) is 4.47. The lowest BCUT2D eigenvalue weighted by molar-refractivity contribution is -0.117. The first-order valence-corrected chi connectivity index (χ1v) is 13.6. The molecule has 1 amide bonds. The minimum atomic E-state index is 0.164. The van der Waals surface area contributed by atoms with Crippen molar-refractivity contribution in [1.82, 2.24) is 15.3 Å². The molecule has 2 aromatic rings. The van der Waals surface area contributed by atoms with Gasteiger partial charge in [0.05, 0.1) is 0 Å². The standard InChI is InChI=1S/C28H40N6O/c35-27(18-22-6-1-2-7-22)32-25-9-3-10-26(19-25)33-16-11-24(12-17-33)31-20-23-8-4-15-34(21-23)28-29-13-5-14-30-28/h3,5,9-10,13-14,19,22-24,31H,1-2,4,6-8,11-12,15-18,20-21H2,(H,32,35). The molecule has 1 aromatic carbocycles. The second-order valence-corrected chi connectivity index (χ2v) is 10.6. The number of nitrogens with zero attached hydrogens (tertiary/aromatic N) is 4. The molecule has 7 heteroatoms. The molecule has 1 aromatic heterocycles. The molecular formula is C28H40N6O. The summed E-state index contributed by atoms with van der Waals surface area (Å²) in [5, 5.41) is 6.99. The Morgan fingerprint density at radius 3 is 2.46 bits per heavy atom. The number of carbonyl (C=O) groups is 1. The molecule has 5 rings (SSSR count). The highest BCUT2D eigenvalue weighted by Crippen LogP contribution is 2.29. The third-order valence-electron chi connectivity index (χ3n) is 7.99. The van der Waals surface area contributed by atoms with Crippen LogP contribution in [0.3, 0.4) is 0 Å². The van der Waals surface area contributed by atoms with Gasteiger partial charge < -0.3 is 20.4 Å². The number of hydrogen-bond acceptors (Lipinski definition) is 6. The van der Waals surface area contributed by atoms with E-state index in [1.165, 1.54) is 44.2 Å². The molecule has 3 heterocycles. The molecule has 1 unspecified atom stereocenters. The molecule has 7 nitrogen and oxygen atoms in total. The predicted molar refractivity (Wildman–Crippen MR) is 142 cm³/mol. The fourth-order valence-corrected chi connectivity index (χ4v) is 6.01. The van der Waals surface area contributed by atoms with Crippen molar-refractivity contribution in [2.75, 3.05) is 47.8 Å². The van der Waals surface area contributed by atoms with E-state index in [-0.39, 0.29) is 5.91 Å². The van der Waals surface area contributed by atoms with Gasteiger partial charge in [0.15, 0.2) is 0 Å². The number of amides is 1. The first-order chi connectivity index (χ1) is 17.2. The first-order valence-electron chi connectivity index (χ1n) is 13.6. The van der Waals surface area contributed by atoms with Crippen LogP contribution in [0.4, 0.5) is 17.3 Å². The van der Waals surface area contributed by atoms with Crippen molar-refractivity contribution < 1.29 is 4.79 Å². The van der Waals surface area contributed by atoms with Gasteiger partial charge in [0.25, 0.3) is 0 Å². The maximum absolute atomic E-state index is 12.5. The highest BCUT2D eigenvalue weighted by Gasteiger charge is 2.24. The molecule has 0 spiro atoms. The van der Waals surface area contributed by atoms with E-state index in [0.29, 0.717) is 24.3 Å². The lowest BCUT2D eigenvalue weighted by atomic mass is 9.96. The van der Waals surface area contributed by atoms with E-state index in [1.807, 2.05) is 24.5 Å². The van der Waals surface area contributed by atoms with Gasteiger partial charge in [-0.3, -0.25) is 4.79 Å². The zero-order valence-corrected chi connectivity index (χ0v) is 20.9. The molecule has 3 fully saturated rings. The van der Waals surface area contributed by atoms with E-state index in [9.17, 15) is 4.79 Å². The zero-order valence-electron chi connectivity index (χ0n) is 20.9. The van der Waals surface area contributed by atoms with Crippen molar-refractivity contribution in [3.63, 3.8) is 0 Å². The van der Waals surface area contributed by atoms with Crippen LogP contribution in [0, 0.1) is 11.8 Å². The summed E-state index contributed by atoms with van der Waals surface area (Å²) in [5.74, 6) is 2.25. The summed E-state index contributed by atoms with van der Waals surface area (Å²) in [5.41, 5.74) is 2.14. The van der Waals surface area contributed by atoms with Gasteiger partial charge in [0.1, 0.15) is 0 Å². The minimum Gasteiger partial charge on any atom is -0.371 e. The largest absolute Gasteiger partial charge is 0.371 e. The molecule has 1 aliphatic carbocycles. The van der Waals surface area contributed by atoms with Gasteiger partial charge >= 0.3 is 0 Å². The lowest BCUT2D eigenvalue weighted by Crippen LogP contribution is -2.46. The van der Waals surface area contributed by atoms with Crippen LogP contribution >= 0.6 is 0 Å². The van der Waals surface area contributed by atoms with Crippen LogP contribution in [-0.4, -0.2) is 54.6 Å². The summed E-state index contributed by atoms with van der Waals surface area (Å²) in [4.78, 5) is 26.1. The van der Waals surface area contributed by atoms with Crippen molar-refractivity contribution >= 4 is 23.2 Å². The third kappa shape index (κ3) is 6.72. The van der Waals surface area contributed by atoms with Crippen LogP contribution in [0.2, 0.25) is 0 Å². The summed E-state index contributed by atoms with van der Waals surface area (Å²) in [6.07, 6.45) is 14.1. The van der Waals surface area contributed by atoms with Gasteiger partial charge in [0, 0.05) is 62.4 Å². The average molecular weight is 477 g/mol. The number of nitrogens with one attached hydrogen (secondary N) is 2. The van der Waals surface area contributed by atoms with Crippen molar-refractivity contribution in [1.29, 1.82) is 0 Å². The zero-order chi connectivity index (χ0) is 23.9. The Kier molecular flexibility index (Phi) is 8.14. The number of aromatic nitrogens is 2. The summed E-state index contributed by atoms with van der Waals surface area (Å²) in [7, 11) is 0. The average Bonchev–Trinajstić information content (AvgIpc) is 3.41. The summed E-state index contributed by atoms with van der Waals surface area (Å²) < 4.78 is 0. The molecular weight excluding hydrogens is 436 g/mol. The van der Waals surface area contributed by atoms with Gasteiger partial charge in [-0.25, -0.2) is 9.97 Å². The molecule has 1 atom stereocenters. The summed E-state index contributed by atoms with van der Waals surface area (Å²) in [6, 6.07) is 10.8. The van der Waals surface area contributed by atoms with Gasteiger partial charge in [-0.15, -0.1) is 0 Å². The second kappa shape index (κ2) is 11.8. The van der Waals surface area contributed by atoms with Crippen molar-refractivity contribution in [3.8, 4) is 0 Å². The number of carbonyl (C=O) groups excluding carboxylic acids is 1. The van der Waals surface area contributed by atoms with Gasteiger partial charge in [-0.05, 0) is 81.2 Å². The maximum atomic E-state index is 12.5. The van der Waals surface area contributed by atoms with Crippen LogP contribution in [-0.2, 0) is 4.79 Å². The fourth-order valence-electron chi connectivity index (χ4n) is 6.01. The van der Waals surface area contributed by atoms with Crippen LogP contribution in [0.5, 0.6) is 0 Å². The monoisotopic (exact) mass is 476 g/mol. The van der Waals surface area contributed by atoms with Crippen molar-refractivity contribution in [2.45, 2.75) is 63.8 Å². The van der Waals surface area contributed by atoms with E-state index in [0.717, 1.165) is 57.2 Å². The van der Waals surface area contributed by atoms with Gasteiger partial charge in [0.2, 0.25) is 11.9 Å². The molecule has 188 valence electrons. The number of piperidine rings is 2. The molecule has 1 saturated carbocycles. The quantitative estimate of drug-likeness (QED) is 0.586. The van der Waals surface area contributed by atoms with Crippen molar-refractivity contribution in [3.05, 3.63) is 42.7 Å². The fraction of sp³-hybridized carbons (Fsp3) is 0.607. The number of rotatable bonds is 8. The number of hydrogen-bond donors (Lipinski definition) is 2. The first kappa shape index (κ1) is 24.0. The van der Waals surface area contributed by atoms with Gasteiger partial charge in [-0.2, -0.15) is 0 Å². The summed E-state index contributed by atoms with van der Waals surface area (Å²) in [6.45, 7) is 5.25. The smallest absolute Gasteiger partial charge is 0.225 e. The Hall–Kier alpha value is -2.67. The molecule has 3 aliphatic rings. The minimum absolute atomic E-state index is 0.164. The normalized spacial score (nSPS) is 21.9. The van der Waals surface area contributed by atoms with Crippen LogP contribution in [0.25, 0.3) is 0 Å². The Labute approximate surface area is 209 Å². The second-order valence-electron chi connectivity index (χ2n) is 10.6. The van der Waals surface area contributed by atoms with Crippen molar-refractivity contribution in [2.24, 2.45) is 11.8 Å². The Balaban J connectivity index is 1.05. The molecule has 0 radical (unpaired) electrons. The Morgan fingerprint density at radius 2 is 1.66 bits per heavy atom. The van der Waals surface area contributed by atoms with Gasteiger partial charge in [-0.1, -0.05) is 18.9 Å². The molecule has 35 heavy (non-hydrogen) atoms. The maximum Gasteiger partial charge on any atom is 0.225 e. The summed E-state index contributed by atoms with van der Waals surface area (Å²) >= 11 is 0. The van der Waals surface area contributed by atoms with E-state index in [4.69, 9.17) is 0 Å². The highest BCUT2D eigenvalue weighted by molar-refractivity contribution is 5.91. The van der Waals surface area contributed by atoms with Crippen LogP contribution < -0.4 is 20.4 Å². The lowest BCUT2D eigenvalue weighted by Gasteiger charge is -2.36. The highest BCUT2D eigenvalue weighted by atomic mass is 16.1. The number of anilines is 3. The Morgan fingerprint density at radius 1 is 0.886 bits per heavy atom. The van der Waals surface area contributed by atoms with E-state index >= 15 is 0 Å². The molecule has 2 N–H and O–H groups in total. The topological polar surface area (TPSA) is 73.4 Å². The van der Waals surface area contributed by atoms with Crippen LogP contribution in [0.1, 0.15) is 57.8 Å². The molecule has 2 aliphatic heterocycles. The van der Waals surface area contributed by atoms with E-state index < -0.39 is 0 Å². The van der Waals surface area contributed by atoms with E-state index in [2.05, 4.69) is 48.6 Å². The van der Waals surface area contributed by atoms with E-state index in [1.54, 1.807) is 0 Å². The third-order valence-corrected chi connectivity index (χ3v) is 7.99. The SMILES string of the molecule is O=C(CC1CCCC1)Nc1cccc(N2CCC(NCC3CCCN(c4ncccn4)C3)CC2)c1. The van der Waals surface area contributed by atoms with Crippen LogP contribution in [0.15, 0.2) is 42.7 Å².